The molecule has 0 aromatic heterocycles. The number of Topliss-reactive ketones (excluding diaryl/α,β-unsaturated/α-hetero) is 1. The van der Waals surface area contributed by atoms with Crippen molar-refractivity contribution < 1.29 is 19.1 Å². The minimum atomic E-state index is -0.547. The van der Waals surface area contributed by atoms with Gasteiger partial charge < -0.3 is 10.1 Å². The minimum Gasteiger partial charge on any atom is -0.461 e. The number of nitrogens with one attached hydrogen (secondary N) is 1. The van der Waals surface area contributed by atoms with E-state index in [-0.39, 0.29) is 24.7 Å². The fraction of sp³-hybridized carbons (Fsp3) is 0.800. The van der Waals surface area contributed by atoms with E-state index in [1.54, 1.807) is 0 Å². The normalized spacial score (nSPS) is 17.2. The average Bonchev–Trinajstić information content (AvgIpc) is 2.42. The van der Waals surface area contributed by atoms with Crippen LogP contribution in [0.3, 0.4) is 0 Å². The highest BCUT2D eigenvalue weighted by Crippen LogP contribution is 2.09. The van der Waals surface area contributed by atoms with Crippen molar-refractivity contribution in [2.24, 2.45) is 0 Å². The zero-order valence-corrected chi connectivity index (χ0v) is 12.3. The highest BCUT2D eigenvalue weighted by Gasteiger charge is 2.32. The van der Waals surface area contributed by atoms with Crippen LogP contribution in [-0.4, -0.2) is 30.3 Å². The molecule has 0 radical (unpaired) electrons. The quantitative estimate of drug-likeness (QED) is 0.358. The van der Waals surface area contributed by atoms with Crippen molar-refractivity contribution in [1.82, 2.24) is 5.32 Å². The molecule has 0 aromatic carbocycles. The maximum Gasteiger partial charge on any atom is 0.332 e. The Morgan fingerprint density at radius 3 is 2.35 bits per heavy atom. The number of ether oxygens (including phenoxy) is 1. The number of amides is 1. The Morgan fingerprint density at radius 1 is 1.15 bits per heavy atom. The molecule has 5 nitrogen and oxygen atoms in total. The molecular formula is C15H25NO4. The SMILES string of the molecule is CCCCCCCCCC(=O)CC(=O)N[C@H]1COC1=O. The van der Waals surface area contributed by atoms with E-state index in [1.807, 2.05) is 0 Å². The molecule has 1 amide bonds. The third-order valence-electron chi connectivity index (χ3n) is 3.43. The molecule has 1 fully saturated rings. The lowest BCUT2D eigenvalue weighted by atomic mass is 10.1. The van der Waals surface area contributed by atoms with Gasteiger partial charge in [0.15, 0.2) is 6.04 Å². The van der Waals surface area contributed by atoms with E-state index in [0.29, 0.717) is 6.42 Å². The zero-order chi connectivity index (χ0) is 14.8. The van der Waals surface area contributed by atoms with Crippen molar-refractivity contribution in [3.8, 4) is 0 Å². The Morgan fingerprint density at radius 2 is 1.80 bits per heavy atom. The molecule has 1 saturated heterocycles. The molecule has 1 aliphatic heterocycles. The van der Waals surface area contributed by atoms with E-state index in [0.717, 1.165) is 19.3 Å². The maximum absolute atomic E-state index is 11.6. The lowest BCUT2D eigenvalue weighted by Crippen LogP contribution is -2.53. The van der Waals surface area contributed by atoms with Crippen molar-refractivity contribution in [3.05, 3.63) is 0 Å². The Balaban J connectivity index is 1.96. The van der Waals surface area contributed by atoms with Crippen molar-refractivity contribution in [3.63, 3.8) is 0 Å². The van der Waals surface area contributed by atoms with Gasteiger partial charge in [-0.3, -0.25) is 9.59 Å². The van der Waals surface area contributed by atoms with Gasteiger partial charge in [0.2, 0.25) is 5.91 Å². The number of ketones is 1. The summed E-state index contributed by atoms with van der Waals surface area (Å²) < 4.78 is 4.53. The van der Waals surface area contributed by atoms with Crippen molar-refractivity contribution in [1.29, 1.82) is 0 Å². The molecule has 5 heteroatoms. The van der Waals surface area contributed by atoms with Crippen LogP contribution in [0.2, 0.25) is 0 Å². The van der Waals surface area contributed by atoms with Gasteiger partial charge >= 0.3 is 5.97 Å². The van der Waals surface area contributed by atoms with E-state index in [1.165, 1.54) is 25.7 Å². The molecule has 0 aliphatic carbocycles. The molecule has 1 heterocycles. The van der Waals surface area contributed by atoms with Crippen LogP contribution in [0.4, 0.5) is 0 Å². The van der Waals surface area contributed by atoms with Crippen LogP contribution in [0.15, 0.2) is 0 Å². The van der Waals surface area contributed by atoms with Gasteiger partial charge in [-0.2, -0.15) is 0 Å². The van der Waals surface area contributed by atoms with Crippen LogP contribution in [0.25, 0.3) is 0 Å². The Hall–Kier alpha value is -1.39. The van der Waals surface area contributed by atoms with Gasteiger partial charge in [-0.15, -0.1) is 0 Å². The monoisotopic (exact) mass is 283 g/mol. The zero-order valence-electron chi connectivity index (χ0n) is 12.3. The number of rotatable bonds is 11. The summed E-state index contributed by atoms with van der Waals surface area (Å²) in [5.41, 5.74) is 0. The third-order valence-corrected chi connectivity index (χ3v) is 3.43. The fourth-order valence-corrected chi connectivity index (χ4v) is 2.13. The van der Waals surface area contributed by atoms with Gasteiger partial charge in [0.25, 0.3) is 0 Å². The minimum absolute atomic E-state index is 0.0521. The maximum atomic E-state index is 11.6. The predicted molar refractivity (Wildman–Crippen MR) is 75.1 cm³/mol. The summed E-state index contributed by atoms with van der Waals surface area (Å²) in [6.07, 6.45) is 8.40. The molecule has 114 valence electrons. The van der Waals surface area contributed by atoms with Gasteiger partial charge in [-0.05, 0) is 6.42 Å². The average molecular weight is 283 g/mol. The first-order valence-electron chi connectivity index (χ1n) is 7.61. The van der Waals surface area contributed by atoms with E-state index in [2.05, 4.69) is 17.0 Å². The highest BCUT2D eigenvalue weighted by atomic mass is 16.6. The van der Waals surface area contributed by atoms with Crippen molar-refractivity contribution in [2.75, 3.05) is 6.61 Å². The van der Waals surface area contributed by atoms with E-state index < -0.39 is 12.0 Å². The molecule has 1 N–H and O–H groups in total. The van der Waals surface area contributed by atoms with E-state index in [4.69, 9.17) is 0 Å². The van der Waals surface area contributed by atoms with Crippen LogP contribution in [0.5, 0.6) is 0 Å². The molecule has 20 heavy (non-hydrogen) atoms. The van der Waals surface area contributed by atoms with Gasteiger partial charge in [-0.1, -0.05) is 45.4 Å². The lowest BCUT2D eigenvalue weighted by Gasteiger charge is -2.24. The molecule has 0 bridgehead atoms. The number of hydrogen-bond acceptors (Lipinski definition) is 4. The first kappa shape index (κ1) is 16.7. The predicted octanol–water partition coefficient (Wildman–Crippen LogP) is 2.13. The van der Waals surface area contributed by atoms with Crippen LogP contribution in [-0.2, 0) is 19.1 Å². The third kappa shape index (κ3) is 6.68. The number of esters is 1. The molecule has 1 atom stereocenters. The first-order valence-corrected chi connectivity index (χ1v) is 7.61. The number of hydrogen-bond donors (Lipinski definition) is 1. The summed E-state index contributed by atoms with van der Waals surface area (Å²) in [6, 6.07) is -0.547. The lowest BCUT2D eigenvalue weighted by molar-refractivity contribution is -0.164. The summed E-state index contributed by atoms with van der Waals surface area (Å²) in [5.74, 6) is -0.846. The van der Waals surface area contributed by atoms with E-state index >= 15 is 0 Å². The van der Waals surface area contributed by atoms with Crippen LogP contribution < -0.4 is 5.32 Å². The second kappa shape index (κ2) is 9.50. The van der Waals surface area contributed by atoms with E-state index in [9.17, 15) is 14.4 Å². The molecule has 0 saturated carbocycles. The summed E-state index contributed by atoms with van der Waals surface area (Å²) in [6.45, 7) is 2.41. The summed E-state index contributed by atoms with van der Waals surface area (Å²) in [4.78, 5) is 33.9. The number of carbonyl (C=O) groups excluding carboxylic acids is 3. The largest absolute Gasteiger partial charge is 0.461 e. The molecular weight excluding hydrogens is 258 g/mol. The van der Waals surface area contributed by atoms with Gasteiger partial charge in [0.05, 0.1) is 6.42 Å². The number of carbonyl (C=O) groups is 3. The molecule has 1 aliphatic rings. The van der Waals surface area contributed by atoms with Crippen molar-refractivity contribution >= 4 is 17.7 Å². The Kier molecular flexibility index (Phi) is 7.92. The van der Waals surface area contributed by atoms with Gasteiger partial charge in [0, 0.05) is 6.42 Å². The molecule has 0 spiro atoms. The summed E-state index contributed by atoms with van der Waals surface area (Å²) in [7, 11) is 0. The fourth-order valence-electron chi connectivity index (χ4n) is 2.13. The number of cyclic esters (lactones) is 1. The van der Waals surface area contributed by atoms with Gasteiger partial charge in [-0.25, -0.2) is 4.79 Å². The standard InChI is InChI=1S/C15H25NO4/c1-2-3-4-5-6-7-8-9-12(17)10-14(18)16-13-11-20-15(13)19/h13H,2-11H2,1H3,(H,16,18)/t13-/m0/s1. The smallest absolute Gasteiger partial charge is 0.332 e. The van der Waals surface area contributed by atoms with Crippen molar-refractivity contribution in [2.45, 2.75) is 70.8 Å². The van der Waals surface area contributed by atoms with Crippen LogP contribution >= 0.6 is 0 Å². The van der Waals surface area contributed by atoms with Gasteiger partial charge in [0.1, 0.15) is 12.4 Å². The second-order valence-electron chi connectivity index (χ2n) is 5.34. The molecule has 0 aromatic rings. The van der Waals surface area contributed by atoms with Crippen LogP contribution in [0, 0.1) is 0 Å². The summed E-state index contributed by atoms with van der Waals surface area (Å²) >= 11 is 0. The number of unbranched alkanes of at least 4 members (excludes halogenated alkanes) is 6. The summed E-state index contributed by atoms with van der Waals surface area (Å²) in [5, 5.41) is 2.49. The Bertz CT molecular complexity index is 341. The van der Waals surface area contributed by atoms with Crippen LogP contribution in [0.1, 0.15) is 64.7 Å². The molecule has 0 unspecified atom stereocenters. The Labute approximate surface area is 120 Å². The second-order valence-corrected chi connectivity index (χ2v) is 5.34. The first-order chi connectivity index (χ1) is 9.63. The molecule has 1 rings (SSSR count). The highest BCUT2D eigenvalue weighted by molar-refractivity contribution is 5.99. The topological polar surface area (TPSA) is 72.5 Å².